The fourth-order valence-electron chi connectivity index (χ4n) is 1.37. The summed E-state index contributed by atoms with van der Waals surface area (Å²) in [6, 6.07) is 6.93. The van der Waals surface area contributed by atoms with Gasteiger partial charge in [0.25, 0.3) is 0 Å². The smallest absolute Gasteiger partial charge is 0.336 e. The van der Waals surface area contributed by atoms with E-state index in [9.17, 15) is 4.79 Å². The van der Waals surface area contributed by atoms with Gasteiger partial charge in [-0.3, -0.25) is 0 Å². The van der Waals surface area contributed by atoms with Crippen LogP contribution in [-0.4, -0.2) is 16.1 Å². The summed E-state index contributed by atoms with van der Waals surface area (Å²) in [5.74, 6) is -0.940. The number of benzene rings is 1. The largest absolute Gasteiger partial charge is 0.478 e. The minimum absolute atomic E-state index is 0.266. The van der Waals surface area contributed by atoms with E-state index in [0.717, 1.165) is 5.39 Å². The molecule has 0 bridgehead atoms. The molecule has 1 N–H and O–H groups in total. The molecule has 0 fully saturated rings. The summed E-state index contributed by atoms with van der Waals surface area (Å²) in [6.45, 7) is 0. The molecule has 0 aliphatic rings. The van der Waals surface area contributed by atoms with Crippen molar-refractivity contribution in [2.45, 2.75) is 0 Å². The van der Waals surface area contributed by atoms with Crippen LogP contribution in [0.5, 0.6) is 0 Å². The van der Waals surface area contributed by atoms with Gasteiger partial charge in [-0.1, -0.05) is 12.1 Å². The van der Waals surface area contributed by atoms with Crippen molar-refractivity contribution < 1.29 is 9.90 Å². The minimum Gasteiger partial charge on any atom is -0.478 e. The molecule has 14 heavy (non-hydrogen) atoms. The van der Waals surface area contributed by atoms with Crippen molar-refractivity contribution in [2.75, 3.05) is 0 Å². The first kappa shape index (κ1) is 9.15. The van der Waals surface area contributed by atoms with Gasteiger partial charge in [0, 0.05) is 11.6 Å². The summed E-state index contributed by atoms with van der Waals surface area (Å²) in [4.78, 5) is 14.9. The predicted molar refractivity (Wildman–Crippen MR) is 56.4 cm³/mol. The van der Waals surface area contributed by atoms with Crippen LogP contribution in [0.25, 0.3) is 10.8 Å². The van der Waals surface area contributed by atoms with E-state index >= 15 is 0 Å². The second-order valence-electron chi connectivity index (χ2n) is 2.81. The van der Waals surface area contributed by atoms with Gasteiger partial charge >= 0.3 is 5.97 Å². The number of rotatable bonds is 1. The molecule has 1 heterocycles. The van der Waals surface area contributed by atoms with Crippen LogP contribution in [0.3, 0.4) is 0 Å². The van der Waals surface area contributed by atoms with Crippen molar-refractivity contribution in [3.05, 3.63) is 40.6 Å². The van der Waals surface area contributed by atoms with Crippen molar-refractivity contribution in [3.8, 4) is 0 Å². The molecule has 0 aliphatic carbocycles. The Balaban J connectivity index is 2.91. The fourth-order valence-corrected chi connectivity index (χ4v) is 1.93. The van der Waals surface area contributed by atoms with Crippen molar-refractivity contribution >= 4 is 32.7 Å². The Morgan fingerprint density at radius 3 is 2.86 bits per heavy atom. The van der Waals surface area contributed by atoms with Crippen LogP contribution in [0.2, 0.25) is 0 Å². The van der Waals surface area contributed by atoms with E-state index in [1.54, 1.807) is 24.4 Å². The molecule has 0 atom stereocenters. The SMILES string of the molecule is O=C(O)c1cccc2ccnc(Br)c12. The molecular formula is C10H6BrNO2. The van der Waals surface area contributed by atoms with Crippen molar-refractivity contribution in [2.24, 2.45) is 0 Å². The third-order valence-electron chi connectivity index (χ3n) is 1.98. The van der Waals surface area contributed by atoms with Crippen LogP contribution < -0.4 is 0 Å². The zero-order valence-electron chi connectivity index (χ0n) is 7.07. The molecule has 0 saturated heterocycles. The molecule has 3 nitrogen and oxygen atoms in total. The van der Waals surface area contributed by atoms with Gasteiger partial charge in [0.1, 0.15) is 4.60 Å². The van der Waals surface area contributed by atoms with E-state index in [4.69, 9.17) is 5.11 Å². The van der Waals surface area contributed by atoms with Crippen LogP contribution >= 0.6 is 15.9 Å². The summed E-state index contributed by atoms with van der Waals surface area (Å²) in [7, 11) is 0. The Bertz CT molecular complexity index is 505. The molecule has 0 saturated carbocycles. The van der Waals surface area contributed by atoms with E-state index in [2.05, 4.69) is 20.9 Å². The monoisotopic (exact) mass is 251 g/mol. The van der Waals surface area contributed by atoms with Gasteiger partial charge < -0.3 is 5.11 Å². The standard InChI is InChI=1S/C10H6BrNO2/c11-9-8-6(4-5-12-9)2-1-3-7(8)10(13)14/h1-5H,(H,13,14). The van der Waals surface area contributed by atoms with Crippen LogP contribution in [0, 0.1) is 0 Å². The number of carboxylic acids is 1. The van der Waals surface area contributed by atoms with Gasteiger partial charge in [0.05, 0.1) is 5.56 Å². The van der Waals surface area contributed by atoms with Crippen molar-refractivity contribution in [1.82, 2.24) is 4.98 Å². The highest BCUT2D eigenvalue weighted by Gasteiger charge is 2.10. The van der Waals surface area contributed by atoms with E-state index in [1.807, 2.05) is 6.07 Å². The van der Waals surface area contributed by atoms with Gasteiger partial charge in [-0.15, -0.1) is 0 Å². The van der Waals surface area contributed by atoms with Crippen molar-refractivity contribution in [1.29, 1.82) is 0 Å². The molecule has 4 heteroatoms. The first-order valence-electron chi connectivity index (χ1n) is 3.96. The molecule has 2 aromatic rings. The summed E-state index contributed by atoms with van der Waals surface area (Å²) < 4.78 is 0.563. The molecule has 2 rings (SSSR count). The number of hydrogen-bond donors (Lipinski definition) is 1. The first-order chi connectivity index (χ1) is 6.70. The summed E-state index contributed by atoms with van der Waals surface area (Å²) >= 11 is 3.24. The van der Waals surface area contributed by atoms with Crippen molar-refractivity contribution in [3.63, 3.8) is 0 Å². The summed E-state index contributed by atoms with van der Waals surface area (Å²) in [5.41, 5.74) is 0.266. The Kier molecular flexibility index (Phi) is 2.21. The predicted octanol–water partition coefficient (Wildman–Crippen LogP) is 2.70. The molecule has 0 unspecified atom stereocenters. The number of aromatic nitrogens is 1. The molecule has 70 valence electrons. The zero-order valence-corrected chi connectivity index (χ0v) is 8.65. The Labute approximate surface area is 88.5 Å². The number of fused-ring (bicyclic) bond motifs is 1. The topological polar surface area (TPSA) is 50.2 Å². The Hall–Kier alpha value is -1.42. The fraction of sp³-hybridized carbons (Fsp3) is 0. The maximum atomic E-state index is 10.9. The minimum atomic E-state index is -0.940. The molecule has 0 spiro atoms. The molecule has 1 aromatic carbocycles. The summed E-state index contributed by atoms with van der Waals surface area (Å²) in [5, 5.41) is 10.5. The average molecular weight is 252 g/mol. The lowest BCUT2D eigenvalue weighted by molar-refractivity contribution is 0.0699. The molecule has 0 aliphatic heterocycles. The van der Waals surface area contributed by atoms with E-state index < -0.39 is 5.97 Å². The van der Waals surface area contributed by atoms with Crippen LogP contribution in [0.15, 0.2) is 35.1 Å². The number of carbonyl (C=O) groups is 1. The highest BCUT2D eigenvalue weighted by Crippen LogP contribution is 2.25. The quantitative estimate of drug-likeness (QED) is 0.794. The number of pyridine rings is 1. The first-order valence-corrected chi connectivity index (χ1v) is 4.76. The van der Waals surface area contributed by atoms with Gasteiger partial charge in [-0.25, -0.2) is 9.78 Å². The number of hydrogen-bond acceptors (Lipinski definition) is 2. The van der Waals surface area contributed by atoms with E-state index in [0.29, 0.717) is 9.99 Å². The Morgan fingerprint density at radius 2 is 2.14 bits per heavy atom. The number of aromatic carboxylic acids is 1. The normalized spacial score (nSPS) is 10.4. The van der Waals surface area contributed by atoms with E-state index in [-0.39, 0.29) is 5.56 Å². The number of carboxylic acid groups (broad SMARTS) is 1. The van der Waals surface area contributed by atoms with Gasteiger partial charge in [0.15, 0.2) is 0 Å². The van der Waals surface area contributed by atoms with Crippen LogP contribution in [0.4, 0.5) is 0 Å². The average Bonchev–Trinajstić information content (AvgIpc) is 2.17. The van der Waals surface area contributed by atoms with Gasteiger partial charge in [0.2, 0.25) is 0 Å². The van der Waals surface area contributed by atoms with Crippen LogP contribution in [0.1, 0.15) is 10.4 Å². The maximum Gasteiger partial charge on any atom is 0.336 e. The molecule has 1 aromatic heterocycles. The lowest BCUT2D eigenvalue weighted by atomic mass is 10.1. The van der Waals surface area contributed by atoms with E-state index in [1.165, 1.54) is 0 Å². The molecule has 0 amide bonds. The second kappa shape index (κ2) is 3.38. The number of nitrogens with zero attached hydrogens (tertiary/aromatic N) is 1. The maximum absolute atomic E-state index is 10.9. The summed E-state index contributed by atoms with van der Waals surface area (Å²) in [6.07, 6.45) is 1.64. The highest BCUT2D eigenvalue weighted by molar-refractivity contribution is 9.10. The van der Waals surface area contributed by atoms with Gasteiger partial charge in [-0.2, -0.15) is 0 Å². The second-order valence-corrected chi connectivity index (χ2v) is 3.56. The third kappa shape index (κ3) is 1.37. The highest BCUT2D eigenvalue weighted by atomic mass is 79.9. The lowest BCUT2D eigenvalue weighted by Crippen LogP contribution is -1.98. The van der Waals surface area contributed by atoms with Crippen LogP contribution in [-0.2, 0) is 0 Å². The van der Waals surface area contributed by atoms with Gasteiger partial charge in [-0.05, 0) is 33.4 Å². The zero-order chi connectivity index (χ0) is 10.1. The number of halogens is 1. The lowest BCUT2D eigenvalue weighted by Gasteiger charge is -2.02. The molecular weight excluding hydrogens is 246 g/mol. The molecule has 0 radical (unpaired) electrons. The Morgan fingerprint density at radius 1 is 1.36 bits per heavy atom. The third-order valence-corrected chi connectivity index (χ3v) is 2.58.